The Morgan fingerprint density at radius 2 is 2.12 bits per heavy atom. The molecule has 1 aromatic heterocycles. The molecular weight excluding hydrogens is 302 g/mol. The molecule has 1 aromatic carbocycles. The second kappa shape index (κ2) is 6.67. The summed E-state index contributed by atoms with van der Waals surface area (Å²) in [5.74, 6) is 1.46. The van der Waals surface area contributed by atoms with E-state index in [2.05, 4.69) is 18.1 Å². The molecule has 1 saturated heterocycles. The first-order valence-corrected chi connectivity index (χ1v) is 8.48. The summed E-state index contributed by atoms with van der Waals surface area (Å²) in [6.45, 7) is 5.87. The van der Waals surface area contributed by atoms with E-state index in [-0.39, 0.29) is 5.91 Å². The Morgan fingerprint density at radius 1 is 1.33 bits per heavy atom. The predicted octanol–water partition coefficient (Wildman–Crippen LogP) is 3.28. The van der Waals surface area contributed by atoms with Crippen LogP contribution in [0.15, 0.2) is 24.3 Å². The molecule has 1 unspecified atom stereocenters. The summed E-state index contributed by atoms with van der Waals surface area (Å²) in [6, 6.07) is 7.90. The Hall–Kier alpha value is -2.30. The van der Waals surface area contributed by atoms with Gasteiger partial charge in [-0.1, -0.05) is 6.92 Å². The van der Waals surface area contributed by atoms with Crippen molar-refractivity contribution in [3.05, 3.63) is 35.5 Å². The number of carbonyl (C=O) groups is 1. The summed E-state index contributed by atoms with van der Waals surface area (Å²) < 4.78 is 7.10. The number of methoxy groups -OCH3 is 1. The van der Waals surface area contributed by atoms with E-state index in [1.54, 1.807) is 11.8 Å². The van der Waals surface area contributed by atoms with Gasteiger partial charge in [0, 0.05) is 25.7 Å². The summed E-state index contributed by atoms with van der Waals surface area (Å²) in [6.07, 6.45) is 2.27. The molecule has 1 atom stereocenters. The van der Waals surface area contributed by atoms with E-state index in [4.69, 9.17) is 4.74 Å². The smallest absolute Gasteiger partial charge is 0.274 e. The topological polar surface area (TPSA) is 47.4 Å². The van der Waals surface area contributed by atoms with Gasteiger partial charge in [-0.05, 0) is 55.5 Å². The molecule has 1 aliphatic heterocycles. The number of amides is 1. The molecule has 0 N–H and O–H groups in total. The van der Waals surface area contributed by atoms with Gasteiger partial charge in [0.1, 0.15) is 5.75 Å². The van der Waals surface area contributed by atoms with E-state index in [1.165, 1.54) is 6.42 Å². The van der Waals surface area contributed by atoms with Gasteiger partial charge in [-0.25, -0.2) is 0 Å². The number of carbonyl (C=O) groups excluding carboxylic acids is 1. The Balaban J connectivity index is 1.87. The van der Waals surface area contributed by atoms with Crippen LogP contribution in [-0.4, -0.2) is 40.8 Å². The molecule has 128 valence electrons. The molecule has 2 aromatic rings. The van der Waals surface area contributed by atoms with Crippen molar-refractivity contribution in [2.45, 2.75) is 26.7 Å². The first kappa shape index (κ1) is 16.6. The minimum absolute atomic E-state index is 0.0358. The molecule has 0 aliphatic carbocycles. The lowest BCUT2D eigenvalue weighted by atomic mass is 10.00. The van der Waals surface area contributed by atoms with E-state index in [1.807, 2.05) is 37.1 Å². The number of benzene rings is 1. The summed E-state index contributed by atoms with van der Waals surface area (Å²) in [7, 11) is 3.55. The molecule has 0 radical (unpaired) electrons. The van der Waals surface area contributed by atoms with E-state index in [0.29, 0.717) is 11.6 Å². The van der Waals surface area contributed by atoms with Gasteiger partial charge in [-0.3, -0.25) is 9.48 Å². The highest BCUT2D eigenvalue weighted by molar-refractivity contribution is 5.93. The fourth-order valence-corrected chi connectivity index (χ4v) is 3.42. The van der Waals surface area contributed by atoms with Crippen molar-refractivity contribution in [2.75, 3.05) is 20.2 Å². The molecule has 1 fully saturated rings. The molecule has 0 spiro atoms. The fraction of sp³-hybridized carbons (Fsp3) is 0.474. The van der Waals surface area contributed by atoms with Crippen LogP contribution in [0.4, 0.5) is 0 Å². The Morgan fingerprint density at radius 3 is 2.79 bits per heavy atom. The molecule has 24 heavy (non-hydrogen) atoms. The van der Waals surface area contributed by atoms with Crippen LogP contribution in [-0.2, 0) is 7.05 Å². The number of aryl methyl sites for hydroxylation is 2. The predicted molar refractivity (Wildman–Crippen MR) is 94.2 cm³/mol. The van der Waals surface area contributed by atoms with Gasteiger partial charge in [0.15, 0.2) is 5.69 Å². The molecule has 0 bridgehead atoms. The van der Waals surface area contributed by atoms with Crippen molar-refractivity contribution in [3.63, 3.8) is 0 Å². The molecular formula is C19H25N3O2. The van der Waals surface area contributed by atoms with Gasteiger partial charge in [-0.2, -0.15) is 5.10 Å². The van der Waals surface area contributed by atoms with Crippen LogP contribution >= 0.6 is 0 Å². The standard InChI is InChI=1S/C19H25N3O2/c1-13-6-5-9-22(12-13)19(23)16-11-17(21(3)20-16)15-7-8-18(24-4)14(2)10-15/h7-8,10-11,13H,5-6,9,12H2,1-4H3. The Kier molecular flexibility index (Phi) is 4.60. The fourth-order valence-electron chi connectivity index (χ4n) is 3.42. The van der Waals surface area contributed by atoms with Crippen LogP contribution in [0.3, 0.4) is 0 Å². The molecule has 1 aliphatic rings. The third-order valence-electron chi connectivity index (χ3n) is 4.73. The minimum atomic E-state index is 0.0358. The molecule has 3 rings (SSSR count). The number of nitrogens with zero attached hydrogens (tertiary/aromatic N) is 3. The largest absolute Gasteiger partial charge is 0.496 e. The summed E-state index contributed by atoms with van der Waals surface area (Å²) in [5.41, 5.74) is 3.56. The van der Waals surface area contributed by atoms with Crippen LogP contribution in [0.5, 0.6) is 5.75 Å². The quantitative estimate of drug-likeness (QED) is 0.869. The van der Waals surface area contributed by atoms with Crippen LogP contribution in [0.1, 0.15) is 35.8 Å². The number of rotatable bonds is 3. The van der Waals surface area contributed by atoms with Gasteiger partial charge >= 0.3 is 0 Å². The highest BCUT2D eigenvalue weighted by Crippen LogP contribution is 2.27. The van der Waals surface area contributed by atoms with E-state index in [9.17, 15) is 4.79 Å². The van der Waals surface area contributed by atoms with E-state index in [0.717, 1.165) is 42.1 Å². The van der Waals surface area contributed by atoms with Gasteiger partial charge in [0.05, 0.1) is 12.8 Å². The van der Waals surface area contributed by atoms with E-state index < -0.39 is 0 Å². The zero-order chi connectivity index (χ0) is 17.3. The number of piperidine rings is 1. The second-order valence-electron chi connectivity index (χ2n) is 6.72. The van der Waals surface area contributed by atoms with Crippen LogP contribution in [0.25, 0.3) is 11.3 Å². The van der Waals surface area contributed by atoms with Gasteiger partial charge in [-0.15, -0.1) is 0 Å². The SMILES string of the molecule is COc1ccc(-c2cc(C(=O)N3CCCC(C)C3)nn2C)cc1C. The van der Waals surface area contributed by atoms with E-state index >= 15 is 0 Å². The van der Waals surface area contributed by atoms with Crippen LogP contribution in [0, 0.1) is 12.8 Å². The summed E-state index contributed by atoms with van der Waals surface area (Å²) in [4.78, 5) is 14.7. The monoisotopic (exact) mass is 327 g/mol. The highest BCUT2D eigenvalue weighted by Gasteiger charge is 2.24. The van der Waals surface area contributed by atoms with Gasteiger partial charge in [0.25, 0.3) is 5.91 Å². The van der Waals surface area contributed by atoms with Crippen LogP contribution < -0.4 is 4.74 Å². The average Bonchev–Trinajstić information content (AvgIpc) is 2.96. The maximum Gasteiger partial charge on any atom is 0.274 e. The Labute approximate surface area is 143 Å². The molecule has 1 amide bonds. The maximum absolute atomic E-state index is 12.7. The van der Waals surface area contributed by atoms with Crippen molar-refractivity contribution in [2.24, 2.45) is 13.0 Å². The lowest BCUT2D eigenvalue weighted by molar-refractivity contribution is 0.0676. The minimum Gasteiger partial charge on any atom is -0.496 e. The zero-order valence-electron chi connectivity index (χ0n) is 14.9. The van der Waals surface area contributed by atoms with Crippen molar-refractivity contribution in [1.29, 1.82) is 0 Å². The average molecular weight is 327 g/mol. The van der Waals surface area contributed by atoms with Crippen molar-refractivity contribution in [1.82, 2.24) is 14.7 Å². The third kappa shape index (κ3) is 3.16. The molecule has 2 heterocycles. The number of likely N-dealkylation sites (tertiary alicyclic amines) is 1. The maximum atomic E-state index is 12.7. The van der Waals surface area contributed by atoms with Crippen molar-refractivity contribution in [3.8, 4) is 17.0 Å². The first-order valence-electron chi connectivity index (χ1n) is 8.48. The van der Waals surface area contributed by atoms with Crippen LogP contribution in [0.2, 0.25) is 0 Å². The number of aromatic nitrogens is 2. The number of ether oxygens (including phenoxy) is 1. The number of hydrogen-bond acceptors (Lipinski definition) is 3. The normalized spacial score (nSPS) is 17.8. The lowest BCUT2D eigenvalue weighted by Crippen LogP contribution is -2.39. The molecule has 0 saturated carbocycles. The van der Waals surface area contributed by atoms with Gasteiger partial charge < -0.3 is 9.64 Å². The number of hydrogen-bond donors (Lipinski definition) is 0. The Bertz CT molecular complexity index is 751. The summed E-state index contributed by atoms with van der Waals surface area (Å²) in [5, 5.41) is 4.45. The van der Waals surface area contributed by atoms with Crippen molar-refractivity contribution >= 4 is 5.91 Å². The highest BCUT2D eigenvalue weighted by atomic mass is 16.5. The van der Waals surface area contributed by atoms with Crippen molar-refractivity contribution < 1.29 is 9.53 Å². The third-order valence-corrected chi connectivity index (χ3v) is 4.73. The molecule has 5 nitrogen and oxygen atoms in total. The van der Waals surface area contributed by atoms with Gasteiger partial charge in [0.2, 0.25) is 0 Å². The summed E-state index contributed by atoms with van der Waals surface area (Å²) >= 11 is 0. The molecule has 5 heteroatoms. The second-order valence-corrected chi connectivity index (χ2v) is 6.72. The lowest BCUT2D eigenvalue weighted by Gasteiger charge is -2.30. The first-order chi connectivity index (χ1) is 11.5. The zero-order valence-corrected chi connectivity index (χ0v) is 14.9.